The molecule has 0 radical (unpaired) electrons. The number of hydrogen-bond donors (Lipinski definition) is 0. The smallest absolute Gasteiger partial charge is 0.420 e. The average molecular weight is 420 g/mol. The highest BCUT2D eigenvalue weighted by molar-refractivity contribution is 5.87. The fraction of sp³-hybridized carbons (Fsp3) is 0.333. The van der Waals surface area contributed by atoms with Crippen molar-refractivity contribution in [3.63, 3.8) is 0 Å². The van der Waals surface area contributed by atoms with Crippen molar-refractivity contribution in [3.05, 3.63) is 53.2 Å². The van der Waals surface area contributed by atoms with Crippen molar-refractivity contribution in [1.29, 1.82) is 5.26 Å². The van der Waals surface area contributed by atoms with Crippen LogP contribution in [0.2, 0.25) is 0 Å². The van der Waals surface area contributed by atoms with Crippen molar-refractivity contribution in [3.8, 4) is 17.7 Å². The molecular weight excluding hydrogens is 401 g/mol. The van der Waals surface area contributed by atoms with E-state index in [4.69, 9.17) is 10.00 Å². The summed E-state index contributed by atoms with van der Waals surface area (Å²) in [5, 5.41) is 8.80. The number of aromatic nitrogens is 1. The summed E-state index contributed by atoms with van der Waals surface area (Å²) in [6, 6.07) is 7.45. The summed E-state index contributed by atoms with van der Waals surface area (Å²) >= 11 is 0. The minimum Gasteiger partial charge on any atom is -0.469 e. The number of nitrogens with zero attached hydrogens (tertiary/aromatic N) is 2. The summed E-state index contributed by atoms with van der Waals surface area (Å²) in [5.41, 5.74) is -1.69. The molecular formula is C21H19F3N2O4. The maximum Gasteiger partial charge on any atom is 0.420 e. The van der Waals surface area contributed by atoms with E-state index in [1.807, 2.05) is 0 Å². The number of pyridine rings is 1. The van der Waals surface area contributed by atoms with E-state index in [9.17, 15) is 22.8 Å². The largest absolute Gasteiger partial charge is 0.469 e. The van der Waals surface area contributed by atoms with Gasteiger partial charge in [0.25, 0.3) is 0 Å². The van der Waals surface area contributed by atoms with Crippen LogP contribution in [-0.2, 0) is 26.9 Å². The van der Waals surface area contributed by atoms with E-state index in [1.54, 1.807) is 19.9 Å². The molecule has 0 spiro atoms. The highest BCUT2D eigenvalue weighted by Gasteiger charge is 2.35. The van der Waals surface area contributed by atoms with Gasteiger partial charge >= 0.3 is 12.1 Å². The Kier molecular flexibility index (Phi) is 6.82. The number of ether oxygens (including phenoxy) is 2. The Balaban J connectivity index is 2.11. The monoisotopic (exact) mass is 420 g/mol. The van der Waals surface area contributed by atoms with Gasteiger partial charge in [0, 0.05) is 25.1 Å². The number of rotatable bonds is 7. The molecule has 0 bridgehead atoms. The van der Waals surface area contributed by atoms with E-state index in [0.29, 0.717) is 11.6 Å². The first-order valence-electron chi connectivity index (χ1n) is 8.80. The van der Waals surface area contributed by atoms with Crippen LogP contribution >= 0.6 is 0 Å². The zero-order valence-electron chi connectivity index (χ0n) is 16.5. The van der Waals surface area contributed by atoms with Crippen LogP contribution in [0.5, 0.6) is 11.6 Å². The molecule has 1 heterocycles. The molecule has 2 aromatic rings. The first-order chi connectivity index (χ1) is 14.0. The Morgan fingerprint density at radius 2 is 1.87 bits per heavy atom. The first-order valence-corrected chi connectivity index (χ1v) is 8.80. The number of carbonyl (C=O) groups is 2. The molecule has 0 aliphatic rings. The van der Waals surface area contributed by atoms with E-state index in [-0.39, 0.29) is 30.1 Å². The SMILES string of the molecule is COC(=O)C(C)(C)CC(=O)Cc1ccc(Oc2ccc(C#N)cc2C(F)(F)F)nc1. The van der Waals surface area contributed by atoms with Gasteiger partial charge in [0.15, 0.2) is 0 Å². The van der Waals surface area contributed by atoms with Crippen molar-refractivity contribution >= 4 is 11.8 Å². The number of halogens is 3. The van der Waals surface area contributed by atoms with Crippen LogP contribution in [0.25, 0.3) is 0 Å². The lowest BCUT2D eigenvalue weighted by Crippen LogP contribution is -2.29. The maximum atomic E-state index is 13.2. The molecule has 0 saturated carbocycles. The maximum absolute atomic E-state index is 13.2. The molecule has 0 fully saturated rings. The zero-order valence-corrected chi connectivity index (χ0v) is 16.5. The number of methoxy groups -OCH3 is 1. The normalized spacial score (nSPS) is 11.5. The molecule has 158 valence electrons. The molecule has 0 unspecified atom stereocenters. The second kappa shape index (κ2) is 8.95. The Morgan fingerprint density at radius 3 is 2.40 bits per heavy atom. The highest BCUT2D eigenvalue weighted by Crippen LogP contribution is 2.38. The number of ketones is 1. The molecule has 0 amide bonds. The summed E-state index contributed by atoms with van der Waals surface area (Å²) in [6.07, 6.45) is -3.42. The van der Waals surface area contributed by atoms with Gasteiger partial charge in [-0.3, -0.25) is 9.59 Å². The van der Waals surface area contributed by atoms with E-state index in [0.717, 1.165) is 6.07 Å². The lowest BCUT2D eigenvalue weighted by molar-refractivity contribution is -0.152. The van der Waals surface area contributed by atoms with Gasteiger partial charge in [-0.15, -0.1) is 0 Å². The summed E-state index contributed by atoms with van der Waals surface area (Å²) in [5.74, 6) is -1.30. The Bertz CT molecular complexity index is 977. The van der Waals surface area contributed by atoms with Gasteiger partial charge in [0.1, 0.15) is 11.5 Å². The van der Waals surface area contributed by atoms with Crippen LogP contribution in [0.15, 0.2) is 36.5 Å². The van der Waals surface area contributed by atoms with Crippen LogP contribution < -0.4 is 4.74 Å². The lowest BCUT2D eigenvalue weighted by atomic mass is 9.86. The number of benzene rings is 1. The highest BCUT2D eigenvalue weighted by atomic mass is 19.4. The van der Waals surface area contributed by atoms with Crippen LogP contribution in [0.3, 0.4) is 0 Å². The molecule has 0 atom stereocenters. The minimum absolute atomic E-state index is 0.00162. The number of carbonyl (C=O) groups excluding carboxylic acids is 2. The van der Waals surface area contributed by atoms with Crippen LogP contribution in [0.1, 0.15) is 37.0 Å². The fourth-order valence-corrected chi connectivity index (χ4v) is 2.73. The van der Waals surface area contributed by atoms with E-state index in [2.05, 4.69) is 9.72 Å². The molecule has 9 heteroatoms. The predicted octanol–water partition coefficient (Wildman–Crippen LogP) is 4.47. The fourth-order valence-electron chi connectivity index (χ4n) is 2.73. The molecule has 0 aliphatic heterocycles. The first kappa shape index (κ1) is 22.9. The number of Topliss-reactive ketones (excluding diaryl/α,β-unsaturated/α-hetero) is 1. The van der Waals surface area contributed by atoms with Crippen molar-refractivity contribution < 1.29 is 32.2 Å². The second-order valence-corrected chi connectivity index (χ2v) is 7.19. The summed E-state index contributed by atoms with van der Waals surface area (Å²) in [7, 11) is 1.25. The van der Waals surface area contributed by atoms with Gasteiger partial charge in [0.2, 0.25) is 5.88 Å². The summed E-state index contributed by atoms with van der Waals surface area (Å²) < 4.78 is 49.5. The van der Waals surface area contributed by atoms with Crippen molar-refractivity contribution in [2.75, 3.05) is 7.11 Å². The van der Waals surface area contributed by atoms with Crippen molar-refractivity contribution in [1.82, 2.24) is 4.98 Å². The van der Waals surface area contributed by atoms with E-state index >= 15 is 0 Å². The van der Waals surface area contributed by atoms with Crippen LogP contribution in [0, 0.1) is 16.7 Å². The Morgan fingerprint density at radius 1 is 1.17 bits per heavy atom. The Labute approximate surface area is 171 Å². The molecule has 0 aliphatic carbocycles. The van der Waals surface area contributed by atoms with Crippen molar-refractivity contribution in [2.45, 2.75) is 32.9 Å². The number of nitriles is 1. The second-order valence-electron chi connectivity index (χ2n) is 7.19. The molecule has 1 aromatic heterocycles. The van der Waals surface area contributed by atoms with Gasteiger partial charge in [-0.1, -0.05) is 6.07 Å². The van der Waals surface area contributed by atoms with E-state index in [1.165, 1.54) is 31.5 Å². The van der Waals surface area contributed by atoms with Crippen LogP contribution in [-0.4, -0.2) is 23.8 Å². The summed E-state index contributed by atoms with van der Waals surface area (Å²) in [6.45, 7) is 3.20. The molecule has 0 N–H and O–H groups in total. The van der Waals surface area contributed by atoms with Gasteiger partial charge in [0.05, 0.1) is 29.7 Å². The molecule has 6 nitrogen and oxygen atoms in total. The quantitative estimate of drug-likeness (QED) is 0.614. The van der Waals surface area contributed by atoms with Crippen LogP contribution in [0.4, 0.5) is 13.2 Å². The number of hydrogen-bond acceptors (Lipinski definition) is 6. The average Bonchev–Trinajstić information content (AvgIpc) is 2.67. The summed E-state index contributed by atoms with van der Waals surface area (Å²) in [4.78, 5) is 27.8. The minimum atomic E-state index is -4.71. The third-order valence-electron chi connectivity index (χ3n) is 4.20. The third-order valence-corrected chi connectivity index (χ3v) is 4.20. The van der Waals surface area contributed by atoms with Gasteiger partial charge in [-0.25, -0.2) is 4.98 Å². The van der Waals surface area contributed by atoms with Gasteiger partial charge in [-0.05, 0) is 37.6 Å². The molecule has 30 heavy (non-hydrogen) atoms. The van der Waals surface area contributed by atoms with E-state index < -0.39 is 28.9 Å². The van der Waals surface area contributed by atoms with Gasteiger partial charge < -0.3 is 9.47 Å². The number of esters is 1. The predicted molar refractivity (Wildman–Crippen MR) is 99.6 cm³/mol. The number of alkyl halides is 3. The molecule has 1 aromatic carbocycles. The van der Waals surface area contributed by atoms with Gasteiger partial charge in [-0.2, -0.15) is 18.4 Å². The van der Waals surface area contributed by atoms with Crippen molar-refractivity contribution in [2.24, 2.45) is 5.41 Å². The standard InChI is InChI=1S/C21H19F3N2O4/c1-20(2,19(28)29-3)10-15(27)8-14-5-7-18(26-12-14)30-17-6-4-13(11-25)9-16(17)21(22,23)24/h4-7,9,12H,8,10H2,1-3H3. The lowest BCUT2D eigenvalue weighted by Gasteiger charge is -2.20. The molecule has 0 saturated heterocycles. The zero-order chi connectivity index (χ0) is 22.5. The third kappa shape index (κ3) is 5.80. The topological polar surface area (TPSA) is 89.3 Å². The Hall–Kier alpha value is -3.41. The molecule has 2 rings (SSSR count).